The van der Waals surface area contributed by atoms with Gasteiger partial charge in [0, 0.05) is 43.0 Å². The van der Waals surface area contributed by atoms with Crippen molar-refractivity contribution in [2.75, 3.05) is 7.11 Å². The Morgan fingerprint density at radius 1 is 1.23 bits per heavy atom. The number of carbonyl (C=O) groups is 1. The number of pyridine rings is 1. The molecule has 26 heavy (non-hydrogen) atoms. The van der Waals surface area contributed by atoms with Crippen LogP contribution in [0.4, 0.5) is 0 Å². The zero-order chi connectivity index (χ0) is 17.9. The third kappa shape index (κ3) is 3.14. The number of carbonyl (C=O) groups excluding carboxylic acids is 1. The fourth-order valence-electron chi connectivity index (χ4n) is 2.68. The number of fused-ring (bicyclic) bond motifs is 1. The Balaban J connectivity index is 1.44. The second-order valence-corrected chi connectivity index (χ2v) is 5.79. The summed E-state index contributed by atoms with van der Waals surface area (Å²) in [6.07, 6.45) is 8.89. The van der Waals surface area contributed by atoms with Crippen LogP contribution in [0.1, 0.15) is 15.9 Å². The third-order valence-corrected chi connectivity index (χ3v) is 4.06. The van der Waals surface area contributed by atoms with Gasteiger partial charge in [0.1, 0.15) is 11.4 Å². The monoisotopic (exact) mass is 347 g/mol. The van der Waals surface area contributed by atoms with Gasteiger partial charge in [0.05, 0.1) is 24.6 Å². The number of methoxy groups -OCH3 is 1. The highest BCUT2D eigenvalue weighted by molar-refractivity contribution is 5.94. The predicted molar refractivity (Wildman–Crippen MR) is 96.5 cm³/mol. The molecular formula is C19H17N5O2. The molecule has 0 bridgehead atoms. The number of ether oxygens (including phenoxy) is 1. The third-order valence-electron chi connectivity index (χ3n) is 4.06. The molecule has 1 amide bonds. The van der Waals surface area contributed by atoms with Crippen LogP contribution < -0.4 is 10.1 Å². The highest BCUT2D eigenvalue weighted by Gasteiger charge is 2.08. The molecule has 4 aromatic rings. The van der Waals surface area contributed by atoms with E-state index in [0.717, 1.165) is 22.6 Å². The van der Waals surface area contributed by atoms with Crippen LogP contribution >= 0.6 is 0 Å². The van der Waals surface area contributed by atoms with Crippen molar-refractivity contribution in [1.82, 2.24) is 24.5 Å². The molecule has 0 saturated carbocycles. The van der Waals surface area contributed by atoms with Crippen LogP contribution in [0.5, 0.6) is 5.75 Å². The van der Waals surface area contributed by atoms with E-state index in [1.165, 1.54) is 0 Å². The van der Waals surface area contributed by atoms with E-state index < -0.39 is 0 Å². The van der Waals surface area contributed by atoms with Gasteiger partial charge in [0.2, 0.25) is 0 Å². The van der Waals surface area contributed by atoms with Crippen LogP contribution in [-0.4, -0.2) is 32.2 Å². The lowest BCUT2D eigenvalue weighted by Crippen LogP contribution is -2.22. The fourth-order valence-corrected chi connectivity index (χ4v) is 2.68. The Bertz CT molecular complexity index is 1070. The van der Waals surface area contributed by atoms with Crippen LogP contribution in [0.3, 0.4) is 0 Å². The number of aromatic nitrogens is 4. The minimum Gasteiger partial charge on any atom is -0.497 e. The fraction of sp³-hybridized carbons (Fsp3) is 0.105. The van der Waals surface area contributed by atoms with E-state index in [-0.39, 0.29) is 5.91 Å². The topological polar surface area (TPSA) is 73.5 Å². The zero-order valence-corrected chi connectivity index (χ0v) is 14.2. The molecule has 0 radical (unpaired) electrons. The normalized spacial score (nSPS) is 10.8. The second-order valence-electron chi connectivity index (χ2n) is 5.79. The summed E-state index contributed by atoms with van der Waals surface area (Å²) in [7, 11) is 1.63. The van der Waals surface area contributed by atoms with E-state index in [2.05, 4.69) is 15.4 Å². The lowest BCUT2D eigenvalue weighted by Gasteiger charge is -2.05. The zero-order valence-electron chi connectivity index (χ0n) is 14.2. The van der Waals surface area contributed by atoms with E-state index in [4.69, 9.17) is 4.74 Å². The van der Waals surface area contributed by atoms with Crippen LogP contribution in [-0.2, 0) is 6.54 Å². The van der Waals surface area contributed by atoms with Crippen molar-refractivity contribution >= 4 is 11.6 Å². The predicted octanol–water partition coefficient (Wildman–Crippen LogP) is 2.46. The molecular weight excluding hydrogens is 330 g/mol. The van der Waals surface area contributed by atoms with E-state index in [1.807, 2.05) is 47.1 Å². The Hall–Kier alpha value is -3.61. The molecule has 0 aliphatic carbocycles. The van der Waals surface area contributed by atoms with E-state index in [9.17, 15) is 4.79 Å². The summed E-state index contributed by atoms with van der Waals surface area (Å²) in [5, 5.41) is 7.25. The van der Waals surface area contributed by atoms with Gasteiger partial charge < -0.3 is 14.5 Å². The van der Waals surface area contributed by atoms with Gasteiger partial charge in [-0.2, -0.15) is 5.10 Å². The molecule has 7 heteroatoms. The van der Waals surface area contributed by atoms with Crippen molar-refractivity contribution in [2.24, 2.45) is 0 Å². The van der Waals surface area contributed by atoms with Crippen molar-refractivity contribution < 1.29 is 9.53 Å². The van der Waals surface area contributed by atoms with Crippen LogP contribution in [0.15, 0.2) is 67.4 Å². The maximum Gasteiger partial charge on any atom is 0.253 e. The number of benzene rings is 1. The SMILES string of the molecule is COc1cccc(-n2cc(CNC(=O)c3ccc4nccn4c3)cn2)c1. The van der Waals surface area contributed by atoms with Gasteiger partial charge in [-0.1, -0.05) is 6.07 Å². The van der Waals surface area contributed by atoms with Crippen molar-refractivity contribution in [1.29, 1.82) is 0 Å². The largest absolute Gasteiger partial charge is 0.497 e. The first-order chi connectivity index (χ1) is 12.7. The number of amides is 1. The Labute approximate surface area is 149 Å². The first-order valence-electron chi connectivity index (χ1n) is 8.12. The Morgan fingerprint density at radius 3 is 3.04 bits per heavy atom. The lowest BCUT2D eigenvalue weighted by atomic mass is 10.2. The minimum absolute atomic E-state index is 0.144. The molecule has 1 N–H and O–H groups in total. The quantitative estimate of drug-likeness (QED) is 0.602. The van der Waals surface area contributed by atoms with Gasteiger partial charge in [0.15, 0.2) is 0 Å². The van der Waals surface area contributed by atoms with E-state index in [0.29, 0.717) is 12.1 Å². The molecule has 0 fully saturated rings. The first-order valence-corrected chi connectivity index (χ1v) is 8.12. The molecule has 0 saturated heterocycles. The summed E-state index contributed by atoms with van der Waals surface area (Å²) in [6.45, 7) is 0.394. The molecule has 0 unspecified atom stereocenters. The summed E-state index contributed by atoms with van der Waals surface area (Å²) in [5.74, 6) is 0.623. The molecule has 0 spiro atoms. The standard InChI is InChI=1S/C19H17N5O2/c1-26-17-4-2-3-16(9-17)24-12-14(11-22-24)10-21-19(25)15-5-6-18-20-7-8-23(18)13-15/h2-9,11-13H,10H2,1H3,(H,21,25). The Kier molecular flexibility index (Phi) is 4.10. The van der Waals surface area contributed by atoms with Crippen LogP contribution in [0, 0.1) is 0 Å². The van der Waals surface area contributed by atoms with E-state index >= 15 is 0 Å². The molecule has 7 nitrogen and oxygen atoms in total. The number of imidazole rings is 1. The molecule has 0 aliphatic rings. The van der Waals surface area contributed by atoms with Gasteiger partial charge in [-0.3, -0.25) is 4.79 Å². The molecule has 130 valence electrons. The highest BCUT2D eigenvalue weighted by atomic mass is 16.5. The van der Waals surface area contributed by atoms with E-state index in [1.54, 1.807) is 36.4 Å². The molecule has 0 atom stereocenters. The van der Waals surface area contributed by atoms with Gasteiger partial charge in [-0.05, 0) is 24.3 Å². The highest BCUT2D eigenvalue weighted by Crippen LogP contribution is 2.16. The van der Waals surface area contributed by atoms with Crippen molar-refractivity contribution in [3.05, 3.63) is 78.5 Å². The smallest absolute Gasteiger partial charge is 0.253 e. The summed E-state index contributed by atoms with van der Waals surface area (Å²) < 4.78 is 8.80. The maximum absolute atomic E-state index is 12.4. The maximum atomic E-state index is 12.4. The van der Waals surface area contributed by atoms with Crippen LogP contribution in [0.25, 0.3) is 11.3 Å². The summed E-state index contributed by atoms with van der Waals surface area (Å²) in [4.78, 5) is 16.5. The number of hydrogen-bond donors (Lipinski definition) is 1. The van der Waals surface area contributed by atoms with Crippen molar-refractivity contribution in [2.45, 2.75) is 6.54 Å². The summed E-state index contributed by atoms with van der Waals surface area (Å²) >= 11 is 0. The minimum atomic E-state index is -0.144. The number of hydrogen-bond acceptors (Lipinski definition) is 4. The van der Waals surface area contributed by atoms with Gasteiger partial charge in [-0.15, -0.1) is 0 Å². The molecule has 0 aliphatic heterocycles. The molecule has 3 heterocycles. The summed E-state index contributed by atoms with van der Waals surface area (Å²) in [6, 6.07) is 11.2. The Morgan fingerprint density at radius 2 is 2.15 bits per heavy atom. The molecule has 4 rings (SSSR count). The number of rotatable bonds is 5. The van der Waals surface area contributed by atoms with Gasteiger partial charge in [-0.25, -0.2) is 9.67 Å². The van der Waals surface area contributed by atoms with Crippen molar-refractivity contribution in [3.63, 3.8) is 0 Å². The lowest BCUT2D eigenvalue weighted by molar-refractivity contribution is 0.0950. The number of nitrogens with zero attached hydrogens (tertiary/aromatic N) is 4. The molecule has 1 aromatic carbocycles. The second kappa shape index (κ2) is 6.72. The first kappa shape index (κ1) is 15.9. The number of nitrogens with one attached hydrogen (secondary N) is 1. The van der Waals surface area contributed by atoms with Crippen LogP contribution in [0.2, 0.25) is 0 Å². The van der Waals surface area contributed by atoms with Crippen molar-refractivity contribution in [3.8, 4) is 11.4 Å². The summed E-state index contributed by atoms with van der Waals surface area (Å²) in [5.41, 5.74) is 3.19. The molecule has 3 aromatic heterocycles. The average molecular weight is 347 g/mol. The van der Waals surface area contributed by atoms with Gasteiger partial charge >= 0.3 is 0 Å². The average Bonchev–Trinajstić information content (AvgIpc) is 3.34. The van der Waals surface area contributed by atoms with Gasteiger partial charge in [0.25, 0.3) is 5.91 Å².